The van der Waals surface area contributed by atoms with E-state index >= 15 is 0 Å². The van der Waals surface area contributed by atoms with E-state index in [0.29, 0.717) is 0 Å². The van der Waals surface area contributed by atoms with Gasteiger partial charge in [0.25, 0.3) is 0 Å². The standard InChI is InChI=1S/C11H14ClN3O/c1-7(16)13-11-6-10(14-15-11)8-4-2-3-5-9(8)12/h2-5,10-11,14-15H,6H2,1H3,(H,13,16). The lowest BCUT2D eigenvalue weighted by Gasteiger charge is -2.11. The molecule has 1 aliphatic heterocycles. The number of rotatable bonds is 2. The van der Waals surface area contributed by atoms with Crippen molar-refractivity contribution in [3.05, 3.63) is 34.9 Å². The first-order chi connectivity index (χ1) is 7.66. The highest BCUT2D eigenvalue weighted by Crippen LogP contribution is 2.27. The minimum Gasteiger partial charge on any atom is -0.340 e. The summed E-state index contributed by atoms with van der Waals surface area (Å²) in [4.78, 5) is 10.9. The van der Waals surface area contributed by atoms with Gasteiger partial charge in [-0.3, -0.25) is 4.79 Å². The van der Waals surface area contributed by atoms with E-state index in [1.165, 1.54) is 6.92 Å². The molecule has 1 amide bonds. The second-order valence-electron chi connectivity index (χ2n) is 3.85. The van der Waals surface area contributed by atoms with Gasteiger partial charge in [0.15, 0.2) is 0 Å². The van der Waals surface area contributed by atoms with Crippen molar-refractivity contribution >= 4 is 17.5 Å². The summed E-state index contributed by atoms with van der Waals surface area (Å²) in [5, 5.41) is 3.55. The van der Waals surface area contributed by atoms with Gasteiger partial charge in [-0.25, -0.2) is 10.9 Å². The molecular formula is C11H14ClN3O. The Bertz CT molecular complexity index is 397. The Morgan fingerprint density at radius 2 is 2.19 bits per heavy atom. The predicted octanol–water partition coefficient (Wildman–Crippen LogP) is 1.34. The molecule has 2 atom stereocenters. The third kappa shape index (κ3) is 2.52. The van der Waals surface area contributed by atoms with E-state index in [0.717, 1.165) is 17.0 Å². The molecular weight excluding hydrogens is 226 g/mol. The number of halogens is 1. The van der Waals surface area contributed by atoms with Crippen LogP contribution in [0.25, 0.3) is 0 Å². The molecule has 1 heterocycles. The fourth-order valence-corrected chi connectivity index (χ4v) is 2.12. The third-order valence-electron chi connectivity index (χ3n) is 2.56. The van der Waals surface area contributed by atoms with Gasteiger partial charge in [0.1, 0.15) is 0 Å². The van der Waals surface area contributed by atoms with E-state index in [-0.39, 0.29) is 18.1 Å². The van der Waals surface area contributed by atoms with Gasteiger partial charge in [-0.1, -0.05) is 29.8 Å². The van der Waals surface area contributed by atoms with Crippen LogP contribution in [0.15, 0.2) is 24.3 Å². The third-order valence-corrected chi connectivity index (χ3v) is 2.91. The van der Waals surface area contributed by atoms with Gasteiger partial charge >= 0.3 is 0 Å². The van der Waals surface area contributed by atoms with Crippen LogP contribution in [-0.4, -0.2) is 12.1 Å². The van der Waals surface area contributed by atoms with Crippen LogP contribution in [0, 0.1) is 0 Å². The van der Waals surface area contributed by atoms with Crippen molar-refractivity contribution in [1.29, 1.82) is 0 Å². The summed E-state index contributed by atoms with van der Waals surface area (Å²) < 4.78 is 0. The summed E-state index contributed by atoms with van der Waals surface area (Å²) >= 11 is 6.10. The number of carbonyl (C=O) groups is 1. The highest BCUT2D eigenvalue weighted by molar-refractivity contribution is 6.31. The summed E-state index contributed by atoms with van der Waals surface area (Å²) in [5.41, 5.74) is 7.19. The molecule has 1 saturated heterocycles. The Morgan fingerprint density at radius 3 is 2.88 bits per heavy atom. The first kappa shape index (κ1) is 11.4. The number of amides is 1. The minimum absolute atomic E-state index is 0.0425. The van der Waals surface area contributed by atoms with Crippen LogP contribution in [0.4, 0.5) is 0 Å². The molecule has 0 radical (unpaired) electrons. The maximum atomic E-state index is 10.9. The average Bonchev–Trinajstić information content (AvgIpc) is 2.66. The minimum atomic E-state index is -0.0428. The lowest BCUT2D eigenvalue weighted by atomic mass is 10.0. The Labute approximate surface area is 99.3 Å². The fourth-order valence-electron chi connectivity index (χ4n) is 1.86. The molecule has 0 aromatic heterocycles. The van der Waals surface area contributed by atoms with E-state index in [1.807, 2.05) is 24.3 Å². The number of hydrazine groups is 1. The Kier molecular flexibility index (Phi) is 3.43. The van der Waals surface area contributed by atoms with Crippen LogP contribution in [0.1, 0.15) is 24.9 Å². The highest BCUT2D eigenvalue weighted by atomic mass is 35.5. The van der Waals surface area contributed by atoms with Gasteiger partial charge in [-0.2, -0.15) is 0 Å². The van der Waals surface area contributed by atoms with Crippen molar-refractivity contribution in [1.82, 2.24) is 16.2 Å². The SMILES string of the molecule is CC(=O)NC1CC(c2ccccc2Cl)NN1. The van der Waals surface area contributed by atoms with Gasteiger partial charge in [0.05, 0.1) is 12.2 Å². The molecule has 1 aliphatic rings. The summed E-state index contributed by atoms with van der Waals surface area (Å²) in [6.07, 6.45) is 0.738. The van der Waals surface area contributed by atoms with E-state index in [4.69, 9.17) is 11.6 Å². The van der Waals surface area contributed by atoms with Crippen LogP contribution >= 0.6 is 11.6 Å². The maximum absolute atomic E-state index is 10.9. The molecule has 2 rings (SSSR count). The highest BCUT2D eigenvalue weighted by Gasteiger charge is 2.26. The molecule has 0 aliphatic carbocycles. The van der Waals surface area contributed by atoms with Crippen LogP contribution in [0.2, 0.25) is 5.02 Å². The molecule has 0 saturated carbocycles. The normalized spacial score (nSPS) is 24.4. The van der Waals surface area contributed by atoms with Crippen molar-refractivity contribution in [2.75, 3.05) is 0 Å². The zero-order valence-electron chi connectivity index (χ0n) is 8.96. The quantitative estimate of drug-likeness (QED) is 0.730. The number of hydrogen-bond acceptors (Lipinski definition) is 3. The van der Waals surface area contributed by atoms with Gasteiger partial charge in [0, 0.05) is 18.4 Å². The molecule has 1 fully saturated rings. The monoisotopic (exact) mass is 239 g/mol. The fraction of sp³-hybridized carbons (Fsp3) is 0.364. The van der Waals surface area contributed by atoms with Crippen molar-refractivity contribution in [3.8, 4) is 0 Å². The van der Waals surface area contributed by atoms with Crippen molar-refractivity contribution in [3.63, 3.8) is 0 Å². The number of benzene rings is 1. The van der Waals surface area contributed by atoms with Gasteiger partial charge in [-0.05, 0) is 11.6 Å². The summed E-state index contributed by atoms with van der Waals surface area (Å²) in [5.74, 6) is -0.0425. The molecule has 5 heteroatoms. The molecule has 0 bridgehead atoms. The zero-order valence-corrected chi connectivity index (χ0v) is 9.71. The van der Waals surface area contributed by atoms with E-state index in [2.05, 4.69) is 16.2 Å². The molecule has 1 aromatic carbocycles. The van der Waals surface area contributed by atoms with Gasteiger partial charge in [-0.15, -0.1) is 0 Å². The number of nitrogens with one attached hydrogen (secondary N) is 3. The van der Waals surface area contributed by atoms with E-state index in [9.17, 15) is 4.79 Å². The molecule has 3 N–H and O–H groups in total. The van der Waals surface area contributed by atoms with Crippen LogP contribution in [0.5, 0.6) is 0 Å². The van der Waals surface area contributed by atoms with Crippen molar-refractivity contribution < 1.29 is 4.79 Å². The van der Waals surface area contributed by atoms with E-state index < -0.39 is 0 Å². The predicted molar refractivity (Wildman–Crippen MR) is 62.7 cm³/mol. The largest absolute Gasteiger partial charge is 0.340 e. The summed E-state index contributed by atoms with van der Waals surface area (Å²) in [7, 11) is 0. The Morgan fingerprint density at radius 1 is 1.44 bits per heavy atom. The first-order valence-corrected chi connectivity index (χ1v) is 5.57. The van der Waals surface area contributed by atoms with Crippen LogP contribution in [0.3, 0.4) is 0 Å². The molecule has 86 valence electrons. The maximum Gasteiger partial charge on any atom is 0.218 e. The molecule has 4 nitrogen and oxygen atoms in total. The smallest absolute Gasteiger partial charge is 0.218 e. The summed E-state index contributed by atoms with van der Waals surface area (Å²) in [6, 6.07) is 7.83. The Balaban J connectivity index is 2.04. The molecule has 0 spiro atoms. The number of hydrogen-bond donors (Lipinski definition) is 3. The van der Waals surface area contributed by atoms with Crippen molar-refractivity contribution in [2.24, 2.45) is 0 Å². The summed E-state index contributed by atoms with van der Waals surface area (Å²) in [6.45, 7) is 1.50. The molecule has 2 unspecified atom stereocenters. The molecule has 16 heavy (non-hydrogen) atoms. The lowest BCUT2D eigenvalue weighted by Crippen LogP contribution is -2.43. The van der Waals surface area contributed by atoms with E-state index in [1.54, 1.807) is 0 Å². The lowest BCUT2D eigenvalue weighted by molar-refractivity contribution is -0.119. The first-order valence-electron chi connectivity index (χ1n) is 5.19. The van der Waals surface area contributed by atoms with Crippen molar-refractivity contribution in [2.45, 2.75) is 25.6 Å². The second-order valence-corrected chi connectivity index (χ2v) is 4.26. The van der Waals surface area contributed by atoms with Gasteiger partial charge in [0.2, 0.25) is 5.91 Å². The van der Waals surface area contributed by atoms with Crippen LogP contribution in [-0.2, 0) is 4.79 Å². The van der Waals surface area contributed by atoms with Crippen LogP contribution < -0.4 is 16.2 Å². The topological polar surface area (TPSA) is 53.2 Å². The number of carbonyl (C=O) groups excluding carboxylic acids is 1. The molecule has 1 aromatic rings. The van der Waals surface area contributed by atoms with Gasteiger partial charge < -0.3 is 5.32 Å². The second kappa shape index (κ2) is 4.82. The average molecular weight is 240 g/mol. The zero-order chi connectivity index (χ0) is 11.5. The Hall–Kier alpha value is -1.10.